The number of nitro benzene ring substituents is 1. The summed E-state index contributed by atoms with van der Waals surface area (Å²) < 4.78 is 28.8. The number of aromatic nitrogens is 1. The molecule has 1 heterocycles. The maximum absolute atomic E-state index is 12.2. The lowest BCUT2D eigenvalue weighted by molar-refractivity contribution is -0.384. The Morgan fingerprint density at radius 3 is 2.68 bits per heavy atom. The highest BCUT2D eigenvalue weighted by atomic mass is 32.2. The van der Waals surface area contributed by atoms with Gasteiger partial charge in [-0.15, -0.1) is 11.3 Å². The van der Waals surface area contributed by atoms with Crippen LogP contribution in [-0.2, 0) is 10.1 Å². The van der Waals surface area contributed by atoms with Gasteiger partial charge in [0, 0.05) is 17.6 Å². The number of non-ortho nitro benzene ring substituents is 1. The molecular weight excluding hydrogens is 370 g/mol. The van der Waals surface area contributed by atoms with Crippen LogP contribution in [0.5, 0.6) is 5.75 Å². The highest BCUT2D eigenvalue weighted by molar-refractivity contribution is 7.87. The van der Waals surface area contributed by atoms with Crippen LogP contribution in [-0.4, -0.2) is 30.0 Å². The number of hydrogen-bond acceptors (Lipinski definition) is 8. The van der Waals surface area contributed by atoms with Crippen LogP contribution < -0.4 is 9.50 Å². The second-order valence-corrected chi connectivity index (χ2v) is 7.98. The van der Waals surface area contributed by atoms with Gasteiger partial charge in [-0.3, -0.25) is 20.2 Å². The maximum Gasteiger partial charge on any atom is 0.309 e. The van der Waals surface area contributed by atoms with Crippen molar-refractivity contribution in [3.05, 3.63) is 45.5 Å². The Hall–Kier alpha value is -2.53. The van der Waals surface area contributed by atoms with Crippen molar-refractivity contribution in [2.45, 2.75) is 13.8 Å². The molecule has 0 fully saturated rings. The number of carbonyl (C=O) groups is 1. The molecule has 1 amide bonds. The molecular formula is C14H15N3O6S2. The summed E-state index contributed by atoms with van der Waals surface area (Å²) in [6.07, 6.45) is 1.49. The van der Waals surface area contributed by atoms with Crippen LogP contribution in [0.15, 0.2) is 29.8 Å². The second-order valence-electron chi connectivity index (χ2n) is 5.47. The van der Waals surface area contributed by atoms with E-state index in [1.54, 1.807) is 19.2 Å². The first-order chi connectivity index (χ1) is 11.7. The van der Waals surface area contributed by atoms with E-state index in [0.717, 1.165) is 18.2 Å². The molecule has 2 aromatic rings. The molecule has 0 saturated carbocycles. The Labute approximate surface area is 147 Å². The van der Waals surface area contributed by atoms with Crippen molar-refractivity contribution in [3.63, 3.8) is 0 Å². The van der Waals surface area contributed by atoms with Crippen LogP contribution in [0.1, 0.15) is 24.2 Å². The van der Waals surface area contributed by atoms with Gasteiger partial charge in [-0.25, -0.2) is 4.98 Å². The van der Waals surface area contributed by atoms with E-state index in [9.17, 15) is 23.3 Å². The number of anilines is 1. The number of nitrogens with zero attached hydrogens (tertiary/aromatic N) is 2. The van der Waals surface area contributed by atoms with E-state index in [-0.39, 0.29) is 23.0 Å². The Balaban J connectivity index is 2.33. The molecule has 0 aliphatic rings. The summed E-state index contributed by atoms with van der Waals surface area (Å²) in [5.41, 5.74) is -0.569. The van der Waals surface area contributed by atoms with Crippen molar-refractivity contribution in [2.24, 2.45) is 5.92 Å². The Kier molecular flexibility index (Phi) is 5.69. The topological polar surface area (TPSA) is 128 Å². The maximum atomic E-state index is 12.2. The summed E-state index contributed by atoms with van der Waals surface area (Å²) >= 11 is 1.17. The van der Waals surface area contributed by atoms with Crippen LogP contribution >= 0.6 is 11.3 Å². The van der Waals surface area contributed by atoms with Crippen molar-refractivity contribution in [1.29, 1.82) is 0 Å². The first-order valence-electron chi connectivity index (χ1n) is 7.09. The van der Waals surface area contributed by atoms with Gasteiger partial charge in [0.1, 0.15) is 5.75 Å². The van der Waals surface area contributed by atoms with E-state index in [4.69, 9.17) is 4.18 Å². The monoisotopic (exact) mass is 385 g/mol. The van der Waals surface area contributed by atoms with Gasteiger partial charge in [-0.1, -0.05) is 13.8 Å². The minimum atomic E-state index is -3.93. The average Bonchev–Trinajstić information content (AvgIpc) is 2.97. The van der Waals surface area contributed by atoms with Gasteiger partial charge in [0.25, 0.3) is 11.6 Å². The van der Waals surface area contributed by atoms with Gasteiger partial charge >= 0.3 is 10.1 Å². The number of nitrogens with one attached hydrogen (secondary N) is 1. The Morgan fingerprint density at radius 1 is 1.40 bits per heavy atom. The zero-order valence-corrected chi connectivity index (χ0v) is 15.0. The molecule has 0 spiro atoms. The van der Waals surface area contributed by atoms with E-state index in [2.05, 4.69) is 10.3 Å². The van der Waals surface area contributed by atoms with Gasteiger partial charge in [-0.05, 0) is 12.0 Å². The molecule has 1 N–H and O–H groups in total. The lowest BCUT2D eigenvalue weighted by atomic mass is 10.2. The number of thiazole rings is 1. The zero-order valence-electron chi connectivity index (χ0n) is 13.3. The van der Waals surface area contributed by atoms with Crippen molar-refractivity contribution < 1.29 is 22.3 Å². The predicted molar refractivity (Wildman–Crippen MR) is 92.4 cm³/mol. The third-order valence-corrected chi connectivity index (χ3v) is 4.99. The normalized spacial score (nSPS) is 11.3. The number of nitro groups is 1. The van der Waals surface area contributed by atoms with E-state index in [0.29, 0.717) is 5.13 Å². The predicted octanol–water partition coefficient (Wildman–Crippen LogP) is 2.67. The van der Waals surface area contributed by atoms with Crippen molar-refractivity contribution in [1.82, 2.24) is 4.98 Å². The largest absolute Gasteiger partial charge is 0.382 e. The van der Waals surface area contributed by atoms with Gasteiger partial charge in [0.15, 0.2) is 5.13 Å². The summed E-state index contributed by atoms with van der Waals surface area (Å²) in [5.74, 6) is -1.39. The van der Waals surface area contributed by atoms with Crippen molar-refractivity contribution >= 4 is 38.2 Å². The number of benzene rings is 1. The van der Waals surface area contributed by atoms with E-state index >= 15 is 0 Å². The van der Waals surface area contributed by atoms with E-state index < -0.39 is 26.6 Å². The van der Waals surface area contributed by atoms with E-state index in [1.807, 2.05) is 0 Å². The molecule has 134 valence electrons. The molecule has 0 radical (unpaired) electrons. The standard InChI is InChI=1S/C14H15N3O6S2/c1-9(2)8-25(21,22)23-12-6-10(5-11(7-12)17(19)20)13(18)16-14-15-3-4-24-14/h3-7,9H,8H2,1-2H3,(H,15,16,18). The zero-order chi connectivity index (χ0) is 18.6. The van der Waals surface area contributed by atoms with Gasteiger partial charge in [0.05, 0.1) is 22.3 Å². The summed E-state index contributed by atoms with van der Waals surface area (Å²) in [6.45, 7) is 3.39. The Morgan fingerprint density at radius 2 is 2.12 bits per heavy atom. The van der Waals surface area contributed by atoms with Gasteiger partial charge in [0.2, 0.25) is 0 Å². The van der Waals surface area contributed by atoms with Crippen LogP contribution in [0, 0.1) is 16.0 Å². The summed E-state index contributed by atoms with van der Waals surface area (Å²) in [5, 5.41) is 15.5. The molecule has 0 aliphatic carbocycles. The van der Waals surface area contributed by atoms with Gasteiger partial charge in [-0.2, -0.15) is 8.42 Å². The fourth-order valence-corrected chi connectivity index (χ4v) is 3.71. The highest BCUT2D eigenvalue weighted by Crippen LogP contribution is 2.25. The van der Waals surface area contributed by atoms with Crippen molar-refractivity contribution in [2.75, 3.05) is 11.1 Å². The summed E-state index contributed by atoms with van der Waals surface area (Å²) in [4.78, 5) is 26.4. The van der Waals surface area contributed by atoms with Crippen LogP contribution in [0.2, 0.25) is 0 Å². The fourth-order valence-electron chi connectivity index (χ4n) is 1.91. The number of rotatable bonds is 7. The smallest absolute Gasteiger partial charge is 0.309 e. The molecule has 0 bridgehead atoms. The number of hydrogen-bond donors (Lipinski definition) is 1. The lowest BCUT2D eigenvalue weighted by Crippen LogP contribution is -2.18. The lowest BCUT2D eigenvalue weighted by Gasteiger charge is -2.10. The fraction of sp³-hybridized carbons (Fsp3) is 0.286. The molecule has 2 rings (SSSR count). The molecule has 1 aromatic heterocycles. The highest BCUT2D eigenvalue weighted by Gasteiger charge is 2.20. The SMILES string of the molecule is CC(C)CS(=O)(=O)Oc1cc(C(=O)Nc2nccs2)cc([N+](=O)[O-])c1. The third-order valence-electron chi connectivity index (χ3n) is 2.78. The minimum Gasteiger partial charge on any atom is -0.382 e. The quantitative estimate of drug-likeness (QED) is 0.441. The van der Waals surface area contributed by atoms with Crippen LogP contribution in [0.3, 0.4) is 0 Å². The summed E-state index contributed by atoms with van der Waals surface area (Å²) in [7, 11) is -3.93. The molecule has 0 unspecified atom stereocenters. The van der Waals surface area contributed by atoms with Crippen LogP contribution in [0.4, 0.5) is 10.8 Å². The summed E-state index contributed by atoms with van der Waals surface area (Å²) in [6, 6.07) is 3.12. The molecule has 11 heteroatoms. The molecule has 0 saturated heterocycles. The number of carbonyl (C=O) groups excluding carboxylic acids is 1. The molecule has 1 aromatic carbocycles. The molecule has 0 atom stereocenters. The van der Waals surface area contributed by atoms with E-state index in [1.165, 1.54) is 17.5 Å². The minimum absolute atomic E-state index is 0.112. The van der Waals surface area contributed by atoms with Crippen molar-refractivity contribution in [3.8, 4) is 5.75 Å². The molecule has 9 nitrogen and oxygen atoms in total. The first kappa shape index (κ1) is 18.8. The molecule has 0 aliphatic heterocycles. The van der Waals surface area contributed by atoms with Crippen LogP contribution in [0.25, 0.3) is 0 Å². The third kappa shape index (κ3) is 5.50. The molecule has 25 heavy (non-hydrogen) atoms. The first-order valence-corrected chi connectivity index (χ1v) is 9.54. The van der Waals surface area contributed by atoms with Gasteiger partial charge < -0.3 is 4.18 Å². The number of amides is 1. The second kappa shape index (κ2) is 7.57. The average molecular weight is 385 g/mol. The Bertz CT molecular complexity index is 878.